The Bertz CT molecular complexity index is 1650. The van der Waals surface area contributed by atoms with Gasteiger partial charge in [-0.05, 0) is 23.3 Å². The Morgan fingerprint density at radius 1 is 1.03 bits per heavy atom. The van der Waals surface area contributed by atoms with E-state index in [0.29, 0.717) is 22.4 Å². The van der Waals surface area contributed by atoms with Crippen LogP contribution in [0.2, 0.25) is 0 Å². The fourth-order valence-corrected chi connectivity index (χ4v) is 5.96. The molecule has 0 saturated heterocycles. The molecule has 0 saturated carbocycles. The molecule has 1 aromatic heterocycles. The molecule has 0 radical (unpaired) electrons. The van der Waals surface area contributed by atoms with Gasteiger partial charge in [0.2, 0.25) is 12.5 Å². The molecule has 0 bridgehead atoms. The summed E-state index contributed by atoms with van der Waals surface area (Å²) in [5.41, 5.74) is 23.7. The van der Waals surface area contributed by atoms with Crippen LogP contribution in [0.4, 0.5) is 5.69 Å². The highest BCUT2D eigenvalue weighted by Gasteiger charge is 2.42. The quantitative estimate of drug-likeness (QED) is 0.0651. The molecule has 206 valence electrons. The van der Waals surface area contributed by atoms with Crippen LogP contribution in [-0.2, 0) is 31.6 Å². The largest absolute Gasteiger partial charge is 0.371 e. The lowest BCUT2D eigenvalue weighted by atomic mass is 9.99. The third kappa shape index (κ3) is 7.99. The Morgan fingerprint density at radius 3 is 2.26 bits per heavy atom. The lowest BCUT2D eigenvalue weighted by Crippen LogP contribution is -2.49. The van der Waals surface area contributed by atoms with Gasteiger partial charge in [-0.15, -0.1) is 0 Å². The summed E-state index contributed by atoms with van der Waals surface area (Å²) in [5.74, 6) is 4.60. The summed E-state index contributed by atoms with van der Waals surface area (Å²) in [7, 11) is -9.74. The fraction of sp³-hybridized carbons (Fsp3) is 0.182. The zero-order chi connectivity index (χ0) is 29.0. The van der Waals surface area contributed by atoms with Crippen LogP contribution in [0.3, 0.4) is 0 Å². The summed E-state index contributed by atoms with van der Waals surface area (Å²) in [6.07, 6.45) is 3.92. The van der Waals surface area contributed by atoms with Crippen molar-refractivity contribution in [2.75, 3.05) is 0 Å². The molecule has 0 fully saturated rings. The summed E-state index contributed by atoms with van der Waals surface area (Å²) in [5, 5.41) is -1.60. The molecule has 39 heavy (non-hydrogen) atoms. The molecule has 15 nitrogen and oxygen atoms in total. The average Bonchev–Trinajstić information content (AvgIpc) is 2.81. The summed E-state index contributed by atoms with van der Waals surface area (Å²) < 4.78 is 67.2. The number of pyridine rings is 1. The van der Waals surface area contributed by atoms with Crippen LogP contribution in [0, 0.1) is 11.8 Å². The molecule has 0 aliphatic carbocycles. The molecule has 3 rings (SSSR count). The van der Waals surface area contributed by atoms with Crippen molar-refractivity contribution in [1.82, 2.24) is 5.32 Å². The van der Waals surface area contributed by atoms with E-state index in [9.17, 15) is 30.7 Å². The number of carbonyl (C=O) groups excluding carboxylic acids is 1. The Balaban J connectivity index is 2.07. The van der Waals surface area contributed by atoms with Crippen LogP contribution < -0.4 is 32.8 Å². The molecule has 2 aromatic rings. The van der Waals surface area contributed by atoms with Crippen molar-refractivity contribution in [3.05, 3.63) is 60.1 Å². The monoisotopic (exact) mass is 577 g/mol. The number of hydrogen-bond donors (Lipinski definition) is 7. The van der Waals surface area contributed by atoms with E-state index in [-0.39, 0.29) is 24.0 Å². The maximum Gasteiger partial charge on any atom is 0.287 e. The molecule has 2 heterocycles. The summed E-state index contributed by atoms with van der Waals surface area (Å²) >= 11 is 0. The number of rotatable bonds is 6. The number of carbonyl (C=O) groups is 1. The van der Waals surface area contributed by atoms with Crippen molar-refractivity contribution in [3.8, 4) is 23.0 Å². The number of allylic oxidation sites excluding steroid dienone is 1. The summed E-state index contributed by atoms with van der Waals surface area (Å²) in [6.45, 7) is -0.0225. The second-order valence-electron chi connectivity index (χ2n) is 8.24. The van der Waals surface area contributed by atoms with Gasteiger partial charge in [0.1, 0.15) is 5.25 Å². The van der Waals surface area contributed by atoms with Gasteiger partial charge in [0.25, 0.3) is 26.1 Å². The highest BCUT2D eigenvalue weighted by molar-refractivity contribution is 7.90. The third-order valence-electron chi connectivity index (χ3n) is 5.27. The fourth-order valence-electron chi connectivity index (χ4n) is 3.62. The van der Waals surface area contributed by atoms with Gasteiger partial charge in [-0.2, -0.15) is 26.4 Å². The van der Waals surface area contributed by atoms with Gasteiger partial charge in [-0.25, -0.2) is 4.99 Å². The zero-order valence-corrected chi connectivity index (χ0v) is 21.7. The van der Waals surface area contributed by atoms with E-state index in [1.54, 1.807) is 47.3 Å². The number of aliphatic imine (C=N–C) groups is 2. The second-order valence-corrected chi connectivity index (χ2v) is 11.4. The first-order valence-corrected chi connectivity index (χ1v) is 13.9. The first kappa shape index (κ1) is 29.1. The second kappa shape index (κ2) is 11.5. The minimum atomic E-state index is -4.88. The van der Waals surface area contributed by atoms with Gasteiger partial charge in [0, 0.05) is 35.9 Å². The number of aromatic nitrogens is 1. The lowest BCUT2D eigenvalue weighted by molar-refractivity contribution is -0.684. The molecule has 1 aromatic carbocycles. The number of primary amides is 1. The van der Waals surface area contributed by atoms with E-state index in [0.717, 1.165) is 6.20 Å². The molecule has 1 aliphatic heterocycles. The van der Waals surface area contributed by atoms with Gasteiger partial charge >= 0.3 is 0 Å². The maximum atomic E-state index is 11.8. The molecule has 0 unspecified atom stereocenters. The van der Waals surface area contributed by atoms with Gasteiger partial charge in [0.05, 0.1) is 5.69 Å². The SMILES string of the molecule is NC(=O)C[n+]1ccc(-c2ccc(N=C(N)N=C(N)N)cc2C#CC2=CN[C@H](S(=O)(=O)O)[C@H](S(=O)(=O)O)C2)cc1. The van der Waals surface area contributed by atoms with E-state index in [2.05, 4.69) is 27.1 Å². The smallest absolute Gasteiger partial charge is 0.287 e. The Morgan fingerprint density at radius 2 is 1.69 bits per heavy atom. The third-order valence-corrected chi connectivity index (χ3v) is 7.76. The molecular formula is C22H25N8O7S2+. The highest BCUT2D eigenvalue weighted by atomic mass is 32.2. The minimum Gasteiger partial charge on any atom is -0.371 e. The normalized spacial score (nSPS) is 17.7. The van der Waals surface area contributed by atoms with Crippen molar-refractivity contribution >= 4 is 43.7 Å². The number of guanidine groups is 2. The molecular weight excluding hydrogens is 552 g/mol. The number of amides is 1. The van der Waals surface area contributed by atoms with Crippen LogP contribution in [0.25, 0.3) is 11.1 Å². The number of nitrogens with two attached hydrogens (primary N) is 4. The van der Waals surface area contributed by atoms with E-state index in [1.807, 2.05) is 0 Å². The maximum absolute atomic E-state index is 11.8. The average molecular weight is 578 g/mol. The van der Waals surface area contributed by atoms with Crippen molar-refractivity contribution in [3.63, 3.8) is 0 Å². The first-order valence-electron chi connectivity index (χ1n) is 10.9. The number of nitrogens with zero attached hydrogens (tertiary/aromatic N) is 3. The van der Waals surface area contributed by atoms with E-state index >= 15 is 0 Å². The van der Waals surface area contributed by atoms with E-state index in [1.165, 1.54) is 0 Å². The zero-order valence-electron chi connectivity index (χ0n) is 20.1. The van der Waals surface area contributed by atoms with E-state index < -0.39 is 43.2 Å². The first-order chi connectivity index (χ1) is 18.1. The minimum absolute atomic E-state index is 0.0225. The molecule has 0 spiro atoms. The molecule has 2 atom stereocenters. The lowest BCUT2D eigenvalue weighted by Gasteiger charge is -2.26. The van der Waals surface area contributed by atoms with Crippen LogP contribution in [-0.4, -0.2) is 54.4 Å². The van der Waals surface area contributed by atoms with Gasteiger partial charge in [-0.1, -0.05) is 17.9 Å². The molecule has 11 N–H and O–H groups in total. The van der Waals surface area contributed by atoms with Crippen molar-refractivity contribution in [2.45, 2.75) is 23.6 Å². The van der Waals surface area contributed by atoms with Crippen LogP contribution in [0.15, 0.2) is 64.5 Å². The molecule has 1 aliphatic rings. The van der Waals surface area contributed by atoms with Gasteiger partial charge in [0.15, 0.2) is 23.7 Å². The predicted molar refractivity (Wildman–Crippen MR) is 142 cm³/mol. The Labute approximate surface area is 223 Å². The Hall–Kier alpha value is -4.50. The van der Waals surface area contributed by atoms with Crippen molar-refractivity contribution < 1.29 is 35.3 Å². The van der Waals surface area contributed by atoms with Crippen molar-refractivity contribution in [2.24, 2.45) is 32.9 Å². The van der Waals surface area contributed by atoms with E-state index in [4.69, 9.17) is 22.9 Å². The van der Waals surface area contributed by atoms with Crippen LogP contribution >= 0.6 is 0 Å². The predicted octanol–water partition coefficient (Wildman–Crippen LogP) is -1.95. The van der Waals surface area contributed by atoms with Crippen LogP contribution in [0.5, 0.6) is 0 Å². The Kier molecular flexibility index (Phi) is 8.56. The van der Waals surface area contributed by atoms with Crippen molar-refractivity contribution in [1.29, 1.82) is 0 Å². The topological polar surface area (TPSA) is 271 Å². The van der Waals surface area contributed by atoms with Crippen LogP contribution in [0.1, 0.15) is 12.0 Å². The molecule has 1 amide bonds. The number of hydrogen-bond acceptors (Lipinski definition) is 7. The standard InChI is InChI=1S/C22H24N8O7S2/c23-19(31)12-30-7-5-14(6-8-30)17-4-3-16(28-22(26)29-21(24)25)10-15(17)2-1-13-9-18(38(32,33)34)20(27-11-13)39(35,36)37/h3-8,10-11,18,20H,9,12H2,(H10,23,24,25,26,27,28,29,31,32,33,34,35,36,37)/p+1/t18-,20-/m1/s1. The summed E-state index contributed by atoms with van der Waals surface area (Å²) in [4.78, 5) is 18.9. The van der Waals surface area contributed by atoms with Gasteiger partial charge < -0.3 is 28.3 Å². The summed E-state index contributed by atoms with van der Waals surface area (Å²) in [6, 6.07) is 8.29. The number of nitrogens with one attached hydrogen (secondary N) is 1. The van der Waals surface area contributed by atoms with Gasteiger partial charge in [-0.3, -0.25) is 13.9 Å². The molecule has 17 heteroatoms. The highest BCUT2D eigenvalue weighted by Crippen LogP contribution is 2.28. The number of benzene rings is 1.